The van der Waals surface area contributed by atoms with Crippen molar-refractivity contribution in [2.24, 2.45) is 0 Å². The molecule has 2 rings (SSSR count). The number of aromatic hydroxyl groups is 1. The lowest BCUT2D eigenvalue weighted by molar-refractivity contribution is 0.0601. The van der Waals surface area contributed by atoms with Gasteiger partial charge in [-0.3, -0.25) is 4.79 Å². The molecule has 0 aliphatic rings. The van der Waals surface area contributed by atoms with Gasteiger partial charge in [0, 0.05) is 11.3 Å². The first kappa shape index (κ1) is 14.3. The molecule has 0 saturated heterocycles. The van der Waals surface area contributed by atoms with E-state index < -0.39 is 11.5 Å². The predicted molar refractivity (Wildman–Crippen MR) is 77.9 cm³/mol. The molecular weight excluding hydrogens is 326 g/mol. The Morgan fingerprint density at radius 1 is 1.30 bits per heavy atom. The van der Waals surface area contributed by atoms with E-state index in [0.717, 1.165) is 0 Å². The van der Waals surface area contributed by atoms with Crippen LogP contribution in [0.1, 0.15) is 16.1 Å². The highest BCUT2D eigenvalue weighted by atomic mass is 79.9. The summed E-state index contributed by atoms with van der Waals surface area (Å²) in [4.78, 5) is 25.5. The standard InChI is InChI=1S/C14H12BrNO4/c1-7-10(12(17)11(15)13(18)16-7)8-3-5-9(6-4-8)14(19)20-2/h3-6H,1-2H3,(H2,16,17,18). The van der Waals surface area contributed by atoms with Crippen molar-refractivity contribution in [3.63, 3.8) is 0 Å². The molecule has 5 nitrogen and oxygen atoms in total. The Morgan fingerprint density at radius 2 is 1.90 bits per heavy atom. The molecule has 1 aromatic carbocycles. The zero-order chi connectivity index (χ0) is 14.9. The Kier molecular flexibility index (Phi) is 3.94. The average Bonchev–Trinajstić information content (AvgIpc) is 2.45. The van der Waals surface area contributed by atoms with Crippen LogP contribution in [-0.2, 0) is 4.74 Å². The van der Waals surface area contributed by atoms with E-state index in [-0.39, 0.29) is 10.2 Å². The molecule has 0 atom stereocenters. The maximum atomic E-state index is 11.5. The fraction of sp³-hybridized carbons (Fsp3) is 0.143. The molecule has 0 fully saturated rings. The summed E-state index contributed by atoms with van der Waals surface area (Å²) in [7, 11) is 1.31. The van der Waals surface area contributed by atoms with Crippen LogP contribution < -0.4 is 5.56 Å². The van der Waals surface area contributed by atoms with E-state index in [4.69, 9.17) is 0 Å². The summed E-state index contributed by atoms with van der Waals surface area (Å²) >= 11 is 3.04. The molecule has 0 bridgehead atoms. The van der Waals surface area contributed by atoms with Crippen molar-refractivity contribution in [2.45, 2.75) is 6.92 Å². The summed E-state index contributed by atoms with van der Waals surface area (Å²) in [5, 5.41) is 10.1. The molecular formula is C14H12BrNO4. The van der Waals surface area contributed by atoms with Crippen LogP contribution in [0, 0.1) is 6.92 Å². The minimum Gasteiger partial charge on any atom is -0.506 e. The number of pyridine rings is 1. The quantitative estimate of drug-likeness (QED) is 0.825. The van der Waals surface area contributed by atoms with Crippen molar-refractivity contribution in [1.29, 1.82) is 0 Å². The summed E-state index contributed by atoms with van der Waals surface area (Å²) in [6.45, 7) is 1.69. The molecule has 0 unspecified atom stereocenters. The normalized spacial score (nSPS) is 10.3. The smallest absolute Gasteiger partial charge is 0.337 e. The highest BCUT2D eigenvalue weighted by Crippen LogP contribution is 2.34. The van der Waals surface area contributed by atoms with Crippen molar-refractivity contribution in [3.8, 4) is 16.9 Å². The van der Waals surface area contributed by atoms with Gasteiger partial charge in [-0.1, -0.05) is 12.1 Å². The van der Waals surface area contributed by atoms with Crippen LogP contribution in [0.5, 0.6) is 5.75 Å². The Labute approximate surface area is 123 Å². The first-order chi connectivity index (χ1) is 9.45. The number of methoxy groups -OCH3 is 1. The molecule has 0 amide bonds. The minimum absolute atomic E-state index is 0.0788. The Bertz CT molecular complexity index is 719. The number of carbonyl (C=O) groups is 1. The monoisotopic (exact) mass is 337 g/mol. The van der Waals surface area contributed by atoms with Gasteiger partial charge in [0.05, 0.1) is 12.7 Å². The number of hydrogen-bond donors (Lipinski definition) is 2. The number of aromatic nitrogens is 1. The number of ether oxygens (including phenoxy) is 1. The number of halogens is 1. The van der Waals surface area contributed by atoms with E-state index in [2.05, 4.69) is 25.7 Å². The Balaban J connectivity index is 2.55. The Hall–Kier alpha value is -2.08. The fourth-order valence-electron chi connectivity index (χ4n) is 1.93. The number of benzene rings is 1. The summed E-state index contributed by atoms with van der Waals surface area (Å²) in [5.41, 5.74) is 1.76. The first-order valence-electron chi connectivity index (χ1n) is 5.75. The van der Waals surface area contributed by atoms with E-state index in [1.165, 1.54) is 7.11 Å². The maximum Gasteiger partial charge on any atom is 0.337 e. The summed E-state index contributed by atoms with van der Waals surface area (Å²) in [6.07, 6.45) is 0. The third-order valence-corrected chi connectivity index (χ3v) is 3.65. The SMILES string of the molecule is COC(=O)c1ccc(-c2c(C)[nH]c(=O)c(Br)c2O)cc1. The molecule has 6 heteroatoms. The number of H-pyrrole nitrogens is 1. The van der Waals surface area contributed by atoms with E-state index >= 15 is 0 Å². The van der Waals surface area contributed by atoms with Crippen molar-refractivity contribution < 1.29 is 14.6 Å². The molecule has 0 saturated carbocycles. The highest BCUT2D eigenvalue weighted by molar-refractivity contribution is 9.10. The van der Waals surface area contributed by atoms with Gasteiger partial charge in [0.1, 0.15) is 10.2 Å². The van der Waals surface area contributed by atoms with Crippen LogP contribution in [-0.4, -0.2) is 23.2 Å². The molecule has 2 aromatic rings. The molecule has 0 aliphatic heterocycles. The second kappa shape index (κ2) is 5.50. The highest BCUT2D eigenvalue weighted by Gasteiger charge is 2.15. The second-order valence-electron chi connectivity index (χ2n) is 4.19. The number of carbonyl (C=O) groups excluding carboxylic acids is 1. The van der Waals surface area contributed by atoms with Crippen molar-refractivity contribution in [3.05, 3.63) is 50.3 Å². The first-order valence-corrected chi connectivity index (χ1v) is 6.55. The number of aromatic amines is 1. The summed E-state index contributed by atoms with van der Waals surface area (Å²) in [6, 6.07) is 6.55. The molecule has 0 aliphatic carbocycles. The number of nitrogens with one attached hydrogen (secondary N) is 1. The van der Waals surface area contributed by atoms with Crippen molar-refractivity contribution >= 4 is 21.9 Å². The van der Waals surface area contributed by atoms with Crippen LogP contribution in [0.4, 0.5) is 0 Å². The lowest BCUT2D eigenvalue weighted by atomic mass is 10.0. The summed E-state index contributed by atoms with van der Waals surface area (Å²) in [5.74, 6) is -0.558. The van der Waals surface area contributed by atoms with Crippen LogP contribution >= 0.6 is 15.9 Å². The third kappa shape index (κ3) is 2.46. The molecule has 104 valence electrons. The van der Waals surface area contributed by atoms with Gasteiger partial charge >= 0.3 is 5.97 Å². The zero-order valence-corrected chi connectivity index (χ0v) is 12.4. The third-order valence-electron chi connectivity index (χ3n) is 2.91. The van der Waals surface area contributed by atoms with Gasteiger partial charge in [-0.25, -0.2) is 4.79 Å². The largest absolute Gasteiger partial charge is 0.506 e. The Morgan fingerprint density at radius 3 is 2.45 bits per heavy atom. The predicted octanol–water partition coefficient (Wildman–Crippen LogP) is 2.61. The van der Waals surface area contributed by atoms with E-state index in [1.54, 1.807) is 31.2 Å². The van der Waals surface area contributed by atoms with Crippen LogP contribution in [0.25, 0.3) is 11.1 Å². The molecule has 0 spiro atoms. The van der Waals surface area contributed by atoms with Gasteiger partial charge in [-0.05, 0) is 40.5 Å². The fourth-order valence-corrected chi connectivity index (χ4v) is 2.22. The van der Waals surface area contributed by atoms with Crippen molar-refractivity contribution in [2.75, 3.05) is 7.11 Å². The lowest BCUT2D eigenvalue weighted by Crippen LogP contribution is -2.09. The van der Waals surface area contributed by atoms with Crippen LogP contribution in [0.2, 0.25) is 0 Å². The number of hydrogen-bond acceptors (Lipinski definition) is 4. The number of aryl methyl sites for hydroxylation is 1. The lowest BCUT2D eigenvalue weighted by Gasteiger charge is -2.10. The minimum atomic E-state index is -0.430. The number of esters is 1. The number of rotatable bonds is 2. The van der Waals surface area contributed by atoms with Crippen LogP contribution in [0.3, 0.4) is 0 Å². The average molecular weight is 338 g/mol. The van der Waals surface area contributed by atoms with E-state index in [0.29, 0.717) is 22.4 Å². The van der Waals surface area contributed by atoms with Gasteiger partial charge in [0.2, 0.25) is 0 Å². The topological polar surface area (TPSA) is 79.4 Å². The molecule has 1 heterocycles. The molecule has 0 radical (unpaired) electrons. The van der Waals surface area contributed by atoms with Gasteiger partial charge < -0.3 is 14.8 Å². The summed E-state index contributed by atoms with van der Waals surface area (Å²) < 4.78 is 4.70. The van der Waals surface area contributed by atoms with Crippen LogP contribution in [0.15, 0.2) is 33.5 Å². The van der Waals surface area contributed by atoms with E-state index in [1.807, 2.05) is 0 Å². The van der Waals surface area contributed by atoms with Crippen molar-refractivity contribution in [1.82, 2.24) is 4.98 Å². The molecule has 1 aromatic heterocycles. The zero-order valence-electron chi connectivity index (χ0n) is 10.9. The van der Waals surface area contributed by atoms with Gasteiger partial charge in [0.15, 0.2) is 0 Å². The van der Waals surface area contributed by atoms with Gasteiger partial charge in [-0.2, -0.15) is 0 Å². The molecule has 2 N–H and O–H groups in total. The molecule has 20 heavy (non-hydrogen) atoms. The van der Waals surface area contributed by atoms with Gasteiger partial charge in [0.25, 0.3) is 5.56 Å². The second-order valence-corrected chi connectivity index (χ2v) is 4.98. The maximum absolute atomic E-state index is 11.5. The van der Waals surface area contributed by atoms with Gasteiger partial charge in [-0.15, -0.1) is 0 Å². The van der Waals surface area contributed by atoms with E-state index in [9.17, 15) is 14.7 Å².